The third-order valence-corrected chi connectivity index (χ3v) is 9.91. The third-order valence-electron chi connectivity index (χ3n) is 9.91. The SMILES string of the molecule is C=Cc1c2[n-]c(c1C)/C=C1\[N-]C([C@@H](CC)[C@@H]1C)[C@@]1(N)c3[n-]c(c(C)c3C(=O)[C@@H]1C(=O)OC)/C=c1\[n-]/c(c(C)c1CC)=C\2.[Mg+2]. The van der Waals surface area contributed by atoms with Gasteiger partial charge in [-0.25, -0.2) is 0 Å². The number of esters is 1. The van der Waals surface area contributed by atoms with Gasteiger partial charge in [0, 0.05) is 11.1 Å². The van der Waals surface area contributed by atoms with Crippen LogP contribution in [0.5, 0.6) is 0 Å². The van der Waals surface area contributed by atoms with E-state index in [1.54, 1.807) is 0 Å². The number of allylic oxidation sites excluding steroid dienone is 1. The van der Waals surface area contributed by atoms with Crippen molar-refractivity contribution in [3.63, 3.8) is 0 Å². The third kappa shape index (κ3) is 4.26. The molecule has 0 amide bonds. The van der Waals surface area contributed by atoms with Gasteiger partial charge in [0.25, 0.3) is 0 Å². The Kier molecular flexibility index (Phi) is 7.98. The molecular weight excluding hydrogens is 551 g/mol. The monoisotopic (exact) mass is 587 g/mol. The van der Waals surface area contributed by atoms with E-state index in [9.17, 15) is 9.59 Å². The number of nitrogens with zero attached hydrogens (tertiary/aromatic N) is 4. The molecule has 8 bridgehead atoms. The number of rotatable bonds is 4. The van der Waals surface area contributed by atoms with Gasteiger partial charge in [-0.05, 0) is 44.6 Å². The van der Waals surface area contributed by atoms with Crippen LogP contribution in [0.3, 0.4) is 0 Å². The molecule has 2 aliphatic heterocycles. The molecule has 0 saturated carbocycles. The summed E-state index contributed by atoms with van der Waals surface area (Å²) in [5.41, 5.74) is 14.6. The van der Waals surface area contributed by atoms with E-state index in [-0.39, 0.29) is 40.7 Å². The van der Waals surface area contributed by atoms with Crippen molar-refractivity contribution in [2.45, 2.75) is 66.0 Å². The number of hydrogen-bond donors (Lipinski definition) is 1. The number of methoxy groups -OCH3 is 1. The maximum Gasteiger partial charge on any atom is 2.00 e. The topological polar surface area (TPSA) is 126 Å². The zero-order valence-corrected chi connectivity index (χ0v) is 27.5. The number of Topliss-reactive ketones (excluding diaryl/α,β-unsaturated/α-hetero) is 1. The van der Waals surface area contributed by atoms with Crippen LogP contribution in [-0.2, 0) is 21.5 Å². The molecule has 3 aromatic rings. The number of hydrogen-bond acceptors (Lipinski definition) is 4. The fraction of sp³-hybridized carbons (Fsp3) is 0.412. The molecule has 3 aromatic heterocycles. The van der Waals surface area contributed by atoms with E-state index in [4.69, 9.17) is 30.7 Å². The van der Waals surface area contributed by atoms with Crippen molar-refractivity contribution in [2.75, 3.05) is 7.11 Å². The molecule has 5 heterocycles. The van der Waals surface area contributed by atoms with Gasteiger partial charge in [-0.2, -0.15) is 5.70 Å². The molecule has 0 radical (unpaired) electrons. The molecule has 2 N–H and O–H groups in total. The van der Waals surface area contributed by atoms with Gasteiger partial charge >= 0.3 is 29.0 Å². The van der Waals surface area contributed by atoms with Gasteiger partial charge in [-0.1, -0.05) is 86.4 Å². The van der Waals surface area contributed by atoms with Crippen LogP contribution in [0.4, 0.5) is 0 Å². The molecule has 220 valence electrons. The normalized spacial score (nSPS) is 28.1. The van der Waals surface area contributed by atoms with Crippen molar-refractivity contribution in [3.05, 3.63) is 84.4 Å². The molecule has 43 heavy (non-hydrogen) atoms. The Balaban J connectivity index is 0.00000368. The van der Waals surface area contributed by atoms with Gasteiger partial charge in [0.1, 0.15) is 5.92 Å². The first-order chi connectivity index (χ1) is 20.0. The molecule has 9 heteroatoms. The summed E-state index contributed by atoms with van der Waals surface area (Å²) in [7, 11) is 1.29. The molecule has 1 fully saturated rings. The fourth-order valence-electron chi connectivity index (χ4n) is 7.47. The van der Waals surface area contributed by atoms with Crippen LogP contribution in [-0.4, -0.2) is 48.0 Å². The largest absolute Gasteiger partial charge is 2.00 e. The maximum absolute atomic E-state index is 14.0. The van der Waals surface area contributed by atoms with E-state index in [0.717, 1.165) is 62.9 Å². The summed E-state index contributed by atoms with van der Waals surface area (Å²) < 4.78 is 5.16. The molecule has 1 unspecified atom stereocenters. The Labute approximate surface area is 268 Å². The summed E-state index contributed by atoms with van der Waals surface area (Å²) in [5.74, 6) is -2.26. The minimum Gasteiger partial charge on any atom is -0.683 e. The predicted molar refractivity (Wildman–Crippen MR) is 169 cm³/mol. The Morgan fingerprint density at radius 2 is 1.70 bits per heavy atom. The molecule has 8 nitrogen and oxygen atoms in total. The van der Waals surface area contributed by atoms with E-state index < -0.39 is 23.5 Å². The minimum atomic E-state index is -1.47. The van der Waals surface area contributed by atoms with Gasteiger partial charge in [-0.3, -0.25) is 9.59 Å². The summed E-state index contributed by atoms with van der Waals surface area (Å²) in [4.78, 5) is 42.3. The quantitative estimate of drug-likeness (QED) is 0.283. The molecule has 3 aliphatic rings. The predicted octanol–water partition coefficient (Wildman–Crippen LogP) is 2.88. The van der Waals surface area contributed by atoms with Crippen LogP contribution in [0.25, 0.3) is 29.6 Å². The van der Waals surface area contributed by atoms with Crippen molar-refractivity contribution < 1.29 is 14.3 Å². The second kappa shape index (κ2) is 11.0. The van der Waals surface area contributed by atoms with Crippen LogP contribution >= 0.6 is 0 Å². The number of fused-ring (bicyclic) bond motifs is 8. The van der Waals surface area contributed by atoms with E-state index in [1.807, 2.05) is 38.2 Å². The summed E-state index contributed by atoms with van der Waals surface area (Å²) in [6, 6.07) is -0.564. The standard InChI is InChI=1S/C34H38N5O3.Mg/c1-9-19-15(4)22-12-24-17(6)21(11-3)31(38-24)34(35)29(33(41)42-8)30(40)28-18(7)25(39-32(28)34)14-27-20(10-2)16(5)23(37-27)13-26(19)36-22;/h9,12-14,17,21,29,31H,1,10-11,35H2,2-8H3,(H,39,40);/q-3;+2/p-1/b23-13-,24-12-,27-14-;/t17-,21-,29+,31?,34+;/m0./s1. The second-order valence-corrected chi connectivity index (χ2v) is 11.9. The number of nitrogens with two attached hydrogens (primary N) is 1. The van der Waals surface area contributed by atoms with Gasteiger partial charge in [0.15, 0.2) is 5.78 Å². The van der Waals surface area contributed by atoms with Crippen LogP contribution in [0.1, 0.15) is 88.1 Å². The number of carbonyl (C=O) groups is 2. The number of ketones is 1. The zero-order valence-electron chi connectivity index (χ0n) is 26.0. The van der Waals surface area contributed by atoms with Crippen LogP contribution in [0.15, 0.2) is 12.3 Å². The van der Waals surface area contributed by atoms with Crippen molar-refractivity contribution in [2.24, 2.45) is 23.5 Å². The number of carbonyl (C=O) groups excluding carboxylic acids is 2. The number of ether oxygens (including phenoxy) is 1. The van der Waals surface area contributed by atoms with E-state index in [0.29, 0.717) is 22.5 Å². The smallest absolute Gasteiger partial charge is 0.683 e. The van der Waals surface area contributed by atoms with E-state index >= 15 is 0 Å². The average Bonchev–Trinajstić information content (AvgIpc) is 3.69. The molecule has 5 atom stereocenters. The van der Waals surface area contributed by atoms with Crippen LogP contribution < -0.4 is 31.4 Å². The van der Waals surface area contributed by atoms with Gasteiger partial charge in [0.05, 0.1) is 7.11 Å². The summed E-state index contributed by atoms with van der Waals surface area (Å²) in [5, 5.41) is 6.82. The first-order valence-electron chi connectivity index (χ1n) is 14.7. The minimum absolute atomic E-state index is 0. The molecular formula is C34H37MgN5O3-2. The van der Waals surface area contributed by atoms with Gasteiger partial charge < -0.3 is 30.7 Å². The first-order valence-corrected chi connectivity index (χ1v) is 14.7. The first kappa shape index (κ1) is 31.2. The Morgan fingerprint density at radius 1 is 1.02 bits per heavy atom. The molecule has 1 saturated heterocycles. The second-order valence-electron chi connectivity index (χ2n) is 11.9. The molecule has 6 rings (SSSR count). The van der Waals surface area contributed by atoms with Gasteiger partial charge in [0.2, 0.25) is 0 Å². The maximum atomic E-state index is 14.0. The summed E-state index contributed by atoms with van der Waals surface area (Å²) in [6.07, 6.45) is 9.35. The van der Waals surface area contributed by atoms with Crippen molar-refractivity contribution in [1.82, 2.24) is 15.0 Å². The van der Waals surface area contributed by atoms with E-state index in [2.05, 4.69) is 34.3 Å². The van der Waals surface area contributed by atoms with E-state index in [1.165, 1.54) is 7.11 Å². The average molecular weight is 588 g/mol. The molecule has 0 aromatic carbocycles. The Bertz CT molecular complexity index is 1820. The van der Waals surface area contributed by atoms with Crippen LogP contribution in [0.2, 0.25) is 0 Å². The van der Waals surface area contributed by atoms with Crippen LogP contribution in [0, 0.1) is 38.5 Å². The fourth-order valence-corrected chi connectivity index (χ4v) is 7.47. The Morgan fingerprint density at radius 3 is 2.33 bits per heavy atom. The van der Waals surface area contributed by atoms with Crippen molar-refractivity contribution >= 4 is 59.1 Å². The zero-order chi connectivity index (χ0) is 30.2. The Hall–Kier alpha value is -3.27. The molecule has 0 spiro atoms. The number of aromatic nitrogens is 3. The van der Waals surface area contributed by atoms with Gasteiger partial charge in [-0.15, -0.1) is 33.5 Å². The summed E-state index contributed by atoms with van der Waals surface area (Å²) >= 11 is 0. The summed E-state index contributed by atoms with van der Waals surface area (Å²) in [6.45, 7) is 16.4. The molecule has 1 aliphatic carbocycles. The van der Waals surface area contributed by atoms with Crippen molar-refractivity contribution in [3.8, 4) is 0 Å². The van der Waals surface area contributed by atoms with Crippen molar-refractivity contribution in [1.29, 1.82) is 0 Å².